The molecule has 1 aliphatic rings. The number of aliphatic hydroxyl groups is 1. The molecule has 5 rings (SSSR count). The van der Waals surface area contributed by atoms with Crippen LogP contribution in [0.4, 0.5) is 0 Å². The third-order valence-electron chi connectivity index (χ3n) is 9.55. The first kappa shape index (κ1) is 39.9. The zero-order chi connectivity index (χ0) is 38.7. The molecule has 1 heterocycles. The maximum atomic E-state index is 14.1. The Morgan fingerprint density at radius 3 is 2.15 bits per heavy atom. The molecule has 54 heavy (non-hydrogen) atoms. The lowest BCUT2D eigenvalue weighted by Crippen LogP contribution is -2.57. The summed E-state index contributed by atoms with van der Waals surface area (Å²) < 4.78 is 6.15. The number of fused-ring (bicyclic) bond motifs is 1. The summed E-state index contributed by atoms with van der Waals surface area (Å²) in [6.07, 6.45) is 1.82. The van der Waals surface area contributed by atoms with Crippen molar-refractivity contribution in [2.75, 3.05) is 13.1 Å². The van der Waals surface area contributed by atoms with E-state index < -0.39 is 42.3 Å². The minimum Gasteiger partial charge on any atom is -0.488 e. The van der Waals surface area contributed by atoms with Gasteiger partial charge in [-0.05, 0) is 80.6 Å². The van der Waals surface area contributed by atoms with Gasteiger partial charge in [0.05, 0.1) is 24.1 Å². The average molecular weight is 736 g/mol. The summed E-state index contributed by atoms with van der Waals surface area (Å²) in [5, 5.41) is 22.2. The predicted octanol–water partition coefficient (Wildman–Crippen LogP) is 4.64. The number of amides is 4. The molecular weight excluding hydrogens is 683 g/mol. The molecule has 0 saturated carbocycles. The SMILES string of the molecule is CC(C)(C)NC(=O)C[C@@H]1CCCCN1C[C@@H](O)[C@H](Cc1ccccc1)NC(=O)[C@H](CC(N)=O)NC(=O)c1cc2ccccc2cc1OCc1ccccc1. The lowest BCUT2D eigenvalue weighted by molar-refractivity contribution is -0.128. The number of β-amino-alcohol motifs (C(OH)–C–C–N with tert-alkyl or cyclic N) is 1. The van der Waals surface area contributed by atoms with Crippen molar-refractivity contribution in [3.8, 4) is 5.75 Å². The van der Waals surface area contributed by atoms with Crippen LogP contribution in [0.1, 0.15) is 74.4 Å². The number of carbonyl (C=O) groups excluding carboxylic acids is 4. The average Bonchev–Trinajstić information content (AvgIpc) is 3.13. The first-order chi connectivity index (χ1) is 25.8. The van der Waals surface area contributed by atoms with E-state index in [4.69, 9.17) is 10.5 Å². The third-order valence-corrected chi connectivity index (χ3v) is 9.55. The van der Waals surface area contributed by atoms with Crippen molar-refractivity contribution in [1.29, 1.82) is 0 Å². The number of primary amides is 1. The minimum absolute atomic E-state index is 0.0481. The van der Waals surface area contributed by atoms with E-state index in [1.54, 1.807) is 12.1 Å². The standard InChI is InChI=1S/C43H53N5O6/c1-43(2,3)47-40(51)25-33-20-12-13-21-48(33)27-37(49)35(22-29-14-6-4-7-15-29)45-42(53)36(26-39(44)50)46-41(52)34-23-31-18-10-11-19-32(31)24-38(34)54-28-30-16-8-5-9-17-30/h4-11,14-19,23-24,33,35-37,49H,12-13,20-22,25-28H2,1-3H3,(H2,44,50)(H,45,53)(H,46,52)(H,47,51)/t33-,35-,36-,37+/m0/s1. The van der Waals surface area contributed by atoms with Gasteiger partial charge in [0, 0.05) is 24.5 Å². The number of nitrogens with one attached hydrogen (secondary N) is 3. The van der Waals surface area contributed by atoms with Crippen molar-refractivity contribution in [3.63, 3.8) is 0 Å². The number of ether oxygens (including phenoxy) is 1. The number of carbonyl (C=O) groups is 4. The zero-order valence-electron chi connectivity index (χ0n) is 31.4. The molecule has 11 nitrogen and oxygen atoms in total. The van der Waals surface area contributed by atoms with E-state index in [0.717, 1.165) is 41.2 Å². The Morgan fingerprint density at radius 1 is 0.870 bits per heavy atom. The van der Waals surface area contributed by atoms with Gasteiger partial charge in [-0.1, -0.05) is 91.3 Å². The zero-order valence-corrected chi connectivity index (χ0v) is 31.4. The molecule has 286 valence electrons. The summed E-state index contributed by atoms with van der Waals surface area (Å²) in [6, 6.07) is 27.9. The van der Waals surface area contributed by atoms with Crippen LogP contribution in [0.15, 0.2) is 97.1 Å². The monoisotopic (exact) mass is 735 g/mol. The van der Waals surface area contributed by atoms with Crippen molar-refractivity contribution in [1.82, 2.24) is 20.9 Å². The molecule has 0 bridgehead atoms. The Kier molecular flexibility index (Phi) is 13.8. The normalized spacial score (nSPS) is 16.5. The van der Waals surface area contributed by atoms with Gasteiger partial charge >= 0.3 is 0 Å². The first-order valence-corrected chi connectivity index (χ1v) is 18.7. The van der Waals surface area contributed by atoms with Gasteiger partial charge in [-0.15, -0.1) is 0 Å². The summed E-state index contributed by atoms with van der Waals surface area (Å²) in [6.45, 7) is 6.97. The Bertz CT molecular complexity index is 1880. The number of nitrogens with two attached hydrogens (primary N) is 1. The van der Waals surface area contributed by atoms with Gasteiger partial charge in [-0.3, -0.25) is 24.1 Å². The fourth-order valence-corrected chi connectivity index (χ4v) is 6.91. The molecule has 4 amide bonds. The Balaban J connectivity index is 1.35. The summed E-state index contributed by atoms with van der Waals surface area (Å²) >= 11 is 0. The van der Waals surface area contributed by atoms with E-state index in [9.17, 15) is 24.3 Å². The highest BCUT2D eigenvalue weighted by molar-refractivity contribution is 6.04. The van der Waals surface area contributed by atoms with Crippen molar-refractivity contribution < 1.29 is 29.0 Å². The van der Waals surface area contributed by atoms with E-state index in [1.807, 2.05) is 106 Å². The van der Waals surface area contributed by atoms with Gasteiger partial charge in [0.25, 0.3) is 5.91 Å². The van der Waals surface area contributed by atoms with E-state index in [2.05, 4.69) is 20.9 Å². The van der Waals surface area contributed by atoms with Crippen LogP contribution in [-0.4, -0.2) is 76.5 Å². The van der Waals surface area contributed by atoms with Crippen LogP contribution in [0.3, 0.4) is 0 Å². The number of hydrogen-bond acceptors (Lipinski definition) is 7. The van der Waals surface area contributed by atoms with Gasteiger partial charge in [0.15, 0.2) is 0 Å². The quantitative estimate of drug-likeness (QED) is 0.112. The van der Waals surface area contributed by atoms with Crippen molar-refractivity contribution in [2.45, 2.75) is 95.7 Å². The van der Waals surface area contributed by atoms with Crippen LogP contribution in [0, 0.1) is 0 Å². The van der Waals surface area contributed by atoms with Gasteiger partial charge in [0.1, 0.15) is 18.4 Å². The number of aliphatic hydroxyl groups excluding tert-OH is 1. The van der Waals surface area contributed by atoms with Crippen molar-refractivity contribution in [3.05, 3.63) is 114 Å². The summed E-state index contributed by atoms with van der Waals surface area (Å²) in [7, 11) is 0. The molecule has 0 spiro atoms. The van der Waals surface area contributed by atoms with Crippen molar-refractivity contribution >= 4 is 34.4 Å². The minimum atomic E-state index is -1.34. The topological polar surface area (TPSA) is 163 Å². The van der Waals surface area contributed by atoms with Crippen LogP contribution in [0.5, 0.6) is 5.75 Å². The van der Waals surface area contributed by atoms with E-state index >= 15 is 0 Å². The molecule has 0 aliphatic carbocycles. The van der Waals surface area contributed by atoms with E-state index in [0.29, 0.717) is 18.7 Å². The second kappa shape index (κ2) is 18.7. The molecule has 11 heteroatoms. The fraction of sp³-hybridized carbons (Fsp3) is 0.395. The first-order valence-electron chi connectivity index (χ1n) is 18.7. The predicted molar refractivity (Wildman–Crippen MR) is 210 cm³/mol. The molecule has 4 aromatic carbocycles. The largest absolute Gasteiger partial charge is 0.488 e. The molecule has 1 aliphatic heterocycles. The summed E-state index contributed by atoms with van der Waals surface area (Å²) in [4.78, 5) is 55.3. The number of benzene rings is 4. The molecule has 4 aromatic rings. The fourth-order valence-electron chi connectivity index (χ4n) is 6.91. The van der Waals surface area contributed by atoms with Gasteiger partial charge in [-0.25, -0.2) is 0 Å². The molecule has 0 radical (unpaired) electrons. The van der Waals surface area contributed by atoms with Gasteiger partial charge < -0.3 is 31.5 Å². The highest BCUT2D eigenvalue weighted by Gasteiger charge is 2.33. The summed E-state index contributed by atoms with van der Waals surface area (Å²) in [5.41, 5.74) is 7.24. The molecule has 4 atom stereocenters. The third kappa shape index (κ3) is 11.9. The number of hydrogen-bond donors (Lipinski definition) is 5. The van der Waals surface area contributed by atoms with Crippen LogP contribution in [-0.2, 0) is 27.4 Å². The highest BCUT2D eigenvalue weighted by atomic mass is 16.5. The smallest absolute Gasteiger partial charge is 0.255 e. The Hall–Kier alpha value is -5.26. The van der Waals surface area contributed by atoms with Gasteiger partial charge in [0.2, 0.25) is 17.7 Å². The van der Waals surface area contributed by atoms with Crippen LogP contribution in [0.2, 0.25) is 0 Å². The van der Waals surface area contributed by atoms with Crippen LogP contribution < -0.4 is 26.4 Å². The summed E-state index contributed by atoms with van der Waals surface area (Å²) in [5.74, 6) is -1.78. The van der Waals surface area contributed by atoms with E-state index in [-0.39, 0.29) is 42.6 Å². The Labute approximate surface area is 317 Å². The molecule has 0 aromatic heterocycles. The van der Waals surface area contributed by atoms with Crippen molar-refractivity contribution in [2.24, 2.45) is 5.73 Å². The lowest BCUT2D eigenvalue weighted by Gasteiger charge is -2.38. The number of likely N-dealkylation sites (tertiary alicyclic amines) is 1. The number of piperidine rings is 1. The number of rotatable bonds is 16. The van der Waals surface area contributed by atoms with Crippen LogP contribution in [0.25, 0.3) is 10.8 Å². The lowest BCUT2D eigenvalue weighted by atomic mass is 9.95. The van der Waals surface area contributed by atoms with Gasteiger partial charge in [-0.2, -0.15) is 0 Å². The van der Waals surface area contributed by atoms with Crippen LogP contribution >= 0.6 is 0 Å². The molecule has 1 fully saturated rings. The highest BCUT2D eigenvalue weighted by Crippen LogP contribution is 2.28. The molecule has 1 saturated heterocycles. The number of nitrogens with zero attached hydrogens (tertiary/aromatic N) is 1. The molecule has 6 N–H and O–H groups in total. The van der Waals surface area contributed by atoms with E-state index in [1.165, 1.54) is 0 Å². The second-order valence-electron chi connectivity index (χ2n) is 15.2. The maximum Gasteiger partial charge on any atom is 0.255 e. The second-order valence-corrected chi connectivity index (χ2v) is 15.2. The maximum absolute atomic E-state index is 14.1. The molecular formula is C43H53N5O6. The Morgan fingerprint density at radius 2 is 1.50 bits per heavy atom. The molecule has 0 unspecified atom stereocenters.